The smallest absolute Gasteiger partial charge is 0.251 e. The highest BCUT2D eigenvalue weighted by Crippen LogP contribution is 2.08. The van der Waals surface area contributed by atoms with E-state index in [1.807, 2.05) is 31.3 Å². The van der Waals surface area contributed by atoms with E-state index >= 15 is 0 Å². The molecule has 0 unspecified atom stereocenters. The molecular formula is C15H25N3O. The molecular weight excluding hydrogens is 238 g/mol. The van der Waals surface area contributed by atoms with Crippen LogP contribution in [-0.4, -0.2) is 44.0 Å². The fourth-order valence-electron chi connectivity index (χ4n) is 1.68. The van der Waals surface area contributed by atoms with Crippen molar-refractivity contribution in [2.24, 2.45) is 0 Å². The number of hydrogen-bond donors (Lipinski definition) is 2. The van der Waals surface area contributed by atoms with Gasteiger partial charge in [0.1, 0.15) is 0 Å². The number of amides is 1. The summed E-state index contributed by atoms with van der Waals surface area (Å²) in [5, 5.41) is 5.98. The Labute approximate surface area is 116 Å². The molecule has 1 aromatic carbocycles. The van der Waals surface area contributed by atoms with Gasteiger partial charge in [0.25, 0.3) is 5.91 Å². The van der Waals surface area contributed by atoms with Gasteiger partial charge in [-0.05, 0) is 58.1 Å². The quantitative estimate of drug-likeness (QED) is 0.741. The first-order chi connectivity index (χ1) is 9.04. The highest BCUT2D eigenvalue weighted by Gasteiger charge is 2.05. The summed E-state index contributed by atoms with van der Waals surface area (Å²) in [5.41, 5.74) is 1.71. The molecule has 0 spiro atoms. The monoisotopic (exact) mass is 263 g/mol. The van der Waals surface area contributed by atoms with Gasteiger partial charge in [-0.25, -0.2) is 0 Å². The number of nitrogens with one attached hydrogen (secondary N) is 2. The molecule has 2 N–H and O–H groups in total. The molecule has 0 heterocycles. The molecule has 0 radical (unpaired) electrons. The Kier molecular flexibility index (Phi) is 6.36. The van der Waals surface area contributed by atoms with Gasteiger partial charge in [-0.2, -0.15) is 0 Å². The minimum atomic E-state index is -0.00477. The lowest BCUT2D eigenvalue weighted by Crippen LogP contribution is -2.31. The molecule has 1 rings (SSSR count). The van der Waals surface area contributed by atoms with Crippen molar-refractivity contribution < 1.29 is 4.79 Å². The maximum Gasteiger partial charge on any atom is 0.251 e. The average molecular weight is 263 g/mol. The number of hydrogen-bond acceptors (Lipinski definition) is 3. The lowest BCUT2D eigenvalue weighted by atomic mass is 10.2. The van der Waals surface area contributed by atoms with Gasteiger partial charge in [0, 0.05) is 30.9 Å². The summed E-state index contributed by atoms with van der Waals surface area (Å²) in [5.74, 6) is -0.00477. The van der Waals surface area contributed by atoms with E-state index in [4.69, 9.17) is 0 Å². The Morgan fingerprint density at radius 3 is 2.42 bits per heavy atom. The van der Waals surface area contributed by atoms with Gasteiger partial charge in [-0.3, -0.25) is 4.79 Å². The zero-order valence-corrected chi connectivity index (χ0v) is 12.4. The summed E-state index contributed by atoms with van der Waals surface area (Å²) >= 11 is 0. The van der Waals surface area contributed by atoms with E-state index < -0.39 is 0 Å². The fraction of sp³-hybridized carbons (Fsp3) is 0.533. The summed E-state index contributed by atoms with van der Waals surface area (Å²) in [7, 11) is 3.96. The average Bonchev–Trinajstić information content (AvgIpc) is 2.43. The van der Waals surface area contributed by atoms with E-state index in [2.05, 4.69) is 36.4 Å². The van der Waals surface area contributed by atoms with E-state index in [0.717, 1.165) is 18.7 Å². The summed E-state index contributed by atoms with van der Waals surface area (Å²) in [6.07, 6.45) is 0.967. The molecule has 0 aliphatic heterocycles. The van der Waals surface area contributed by atoms with Crippen LogP contribution in [0.1, 0.15) is 30.6 Å². The molecule has 0 aliphatic rings. The van der Waals surface area contributed by atoms with E-state index in [0.29, 0.717) is 18.2 Å². The molecule has 19 heavy (non-hydrogen) atoms. The topological polar surface area (TPSA) is 44.4 Å². The van der Waals surface area contributed by atoms with Crippen LogP contribution in [0.4, 0.5) is 5.69 Å². The SMILES string of the molecule is CNc1ccc(C(=O)NCCCN(C)C(C)C)cc1. The lowest BCUT2D eigenvalue weighted by Gasteiger charge is -2.20. The summed E-state index contributed by atoms with van der Waals surface area (Å²) in [6.45, 7) is 6.05. The third-order valence-electron chi connectivity index (χ3n) is 3.29. The number of carbonyl (C=O) groups is 1. The first-order valence-corrected chi connectivity index (χ1v) is 6.81. The molecule has 4 nitrogen and oxygen atoms in total. The van der Waals surface area contributed by atoms with Crippen LogP contribution in [0.3, 0.4) is 0 Å². The Hall–Kier alpha value is -1.55. The van der Waals surface area contributed by atoms with E-state index in [1.165, 1.54) is 0 Å². The predicted molar refractivity (Wildman–Crippen MR) is 80.7 cm³/mol. The molecule has 0 atom stereocenters. The Balaban J connectivity index is 2.31. The van der Waals surface area contributed by atoms with Gasteiger partial charge in [0.05, 0.1) is 0 Å². The zero-order chi connectivity index (χ0) is 14.3. The molecule has 0 bridgehead atoms. The van der Waals surface area contributed by atoms with Crippen molar-refractivity contribution in [2.75, 3.05) is 32.5 Å². The first-order valence-electron chi connectivity index (χ1n) is 6.81. The molecule has 0 saturated heterocycles. The van der Waals surface area contributed by atoms with Crippen molar-refractivity contribution in [2.45, 2.75) is 26.3 Å². The number of anilines is 1. The molecule has 0 saturated carbocycles. The zero-order valence-electron chi connectivity index (χ0n) is 12.4. The maximum absolute atomic E-state index is 11.9. The Bertz CT molecular complexity index is 387. The highest BCUT2D eigenvalue weighted by atomic mass is 16.1. The van der Waals surface area contributed by atoms with E-state index in [9.17, 15) is 4.79 Å². The second-order valence-corrected chi connectivity index (χ2v) is 5.01. The van der Waals surface area contributed by atoms with Crippen molar-refractivity contribution in [1.29, 1.82) is 0 Å². The molecule has 0 fully saturated rings. The van der Waals surface area contributed by atoms with Crippen molar-refractivity contribution in [1.82, 2.24) is 10.2 Å². The standard InChI is InChI=1S/C15H25N3O/c1-12(2)18(4)11-5-10-17-15(19)13-6-8-14(16-3)9-7-13/h6-9,12,16H,5,10-11H2,1-4H3,(H,17,19). The third-order valence-corrected chi connectivity index (χ3v) is 3.29. The van der Waals surface area contributed by atoms with Gasteiger partial charge in [-0.15, -0.1) is 0 Å². The van der Waals surface area contributed by atoms with Crippen LogP contribution in [0.5, 0.6) is 0 Å². The van der Waals surface area contributed by atoms with Gasteiger partial charge >= 0.3 is 0 Å². The summed E-state index contributed by atoms with van der Waals surface area (Å²) < 4.78 is 0. The largest absolute Gasteiger partial charge is 0.388 e. The second-order valence-electron chi connectivity index (χ2n) is 5.01. The minimum Gasteiger partial charge on any atom is -0.388 e. The lowest BCUT2D eigenvalue weighted by molar-refractivity contribution is 0.0951. The van der Waals surface area contributed by atoms with Gasteiger partial charge in [0.15, 0.2) is 0 Å². The Morgan fingerprint density at radius 2 is 1.89 bits per heavy atom. The van der Waals surface area contributed by atoms with Gasteiger partial charge < -0.3 is 15.5 Å². The number of carbonyl (C=O) groups excluding carboxylic acids is 1. The van der Waals surface area contributed by atoms with Crippen LogP contribution < -0.4 is 10.6 Å². The van der Waals surface area contributed by atoms with Gasteiger partial charge in [-0.1, -0.05) is 0 Å². The Morgan fingerprint density at radius 1 is 1.26 bits per heavy atom. The van der Waals surface area contributed by atoms with Crippen LogP contribution in [-0.2, 0) is 0 Å². The van der Waals surface area contributed by atoms with Crippen molar-refractivity contribution in [3.05, 3.63) is 29.8 Å². The molecule has 106 valence electrons. The van der Waals surface area contributed by atoms with Crippen molar-refractivity contribution in [3.8, 4) is 0 Å². The molecule has 0 aromatic heterocycles. The van der Waals surface area contributed by atoms with Crippen LogP contribution in [0.15, 0.2) is 24.3 Å². The van der Waals surface area contributed by atoms with E-state index in [-0.39, 0.29) is 5.91 Å². The van der Waals surface area contributed by atoms with Gasteiger partial charge in [0.2, 0.25) is 0 Å². The normalized spacial score (nSPS) is 10.8. The van der Waals surface area contributed by atoms with Crippen LogP contribution in [0.25, 0.3) is 0 Å². The van der Waals surface area contributed by atoms with Crippen molar-refractivity contribution >= 4 is 11.6 Å². The summed E-state index contributed by atoms with van der Waals surface area (Å²) in [6, 6.07) is 8.02. The highest BCUT2D eigenvalue weighted by molar-refractivity contribution is 5.94. The summed E-state index contributed by atoms with van der Waals surface area (Å²) in [4.78, 5) is 14.1. The molecule has 0 aliphatic carbocycles. The second kappa shape index (κ2) is 7.79. The first kappa shape index (κ1) is 15.5. The molecule has 1 aromatic rings. The maximum atomic E-state index is 11.9. The fourth-order valence-corrected chi connectivity index (χ4v) is 1.68. The van der Waals surface area contributed by atoms with Crippen LogP contribution in [0, 0.1) is 0 Å². The minimum absolute atomic E-state index is 0.00477. The predicted octanol–water partition coefficient (Wildman–Crippen LogP) is 2.19. The van der Waals surface area contributed by atoms with E-state index in [1.54, 1.807) is 0 Å². The molecule has 4 heteroatoms. The molecule has 1 amide bonds. The number of rotatable bonds is 7. The van der Waals surface area contributed by atoms with Crippen molar-refractivity contribution in [3.63, 3.8) is 0 Å². The number of nitrogens with zero attached hydrogens (tertiary/aromatic N) is 1. The van der Waals surface area contributed by atoms with Crippen LogP contribution in [0.2, 0.25) is 0 Å². The van der Waals surface area contributed by atoms with Crippen LogP contribution >= 0.6 is 0 Å². The third kappa shape index (κ3) is 5.30. The number of benzene rings is 1.